The molecule has 6 nitrogen and oxygen atoms in total. The molecule has 1 N–H and O–H groups in total. The average Bonchev–Trinajstić information content (AvgIpc) is 3.17. The summed E-state index contributed by atoms with van der Waals surface area (Å²) in [6.07, 6.45) is 5.11. The molecule has 0 bridgehead atoms. The SMILES string of the molecule is CCOc1ncccc1CNC(=O)CCCc1ncc(-c2ccccc2)o1. The number of amides is 1. The van der Waals surface area contributed by atoms with E-state index in [0.717, 1.165) is 16.9 Å². The highest BCUT2D eigenvalue weighted by molar-refractivity contribution is 5.75. The molecule has 0 aliphatic heterocycles. The quantitative estimate of drug-likeness (QED) is 0.624. The number of aryl methyl sites for hydroxylation is 1. The van der Waals surface area contributed by atoms with Gasteiger partial charge in [0.1, 0.15) is 0 Å². The number of carbonyl (C=O) groups excluding carboxylic acids is 1. The van der Waals surface area contributed by atoms with E-state index in [-0.39, 0.29) is 5.91 Å². The highest BCUT2D eigenvalue weighted by atomic mass is 16.5. The summed E-state index contributed by atoms with van der Waals surface area (Å²) >= 11 is 0. The first-order chi connectivity index (χ1) is 13.3. The summed E-state index contributed by atoms with van der Waals surface area (Å²) < 4.78 is 11.2. The van der Waals surface area contributed by atoms with Crippen LogP contribution < -0.4 is 10.1 Å². The normalized spacial score (nSPS) is 10.6. The first-order valence-electron chi connectivity index (χ1n) is 9.09. The standard InChI is InChI=1S/C21H23N3O3/c1-2-26-21-17(10-7-13-22-21)14-23-19(25)11-6-12-20-24-15-18(27-20)16-8-4-3-5-9-16/h3-5,7-10,13,15H,2,6,11-12,14H2,1H3,(H,23,25). The van der Waals surface area contributed by atoms with Crippen molar-refractivity contribution in [2.24, 2.45) is 0 Å². The summed E-state index contributed by atoms with van der Waals surface area (Å²) in [5, 5.41) is 2.91. The topological polar surface area (TPSA) is 77.2 Å². The van der Waals surface area contributed by atoms with Crippen LogP contribution in [-0.2, 0) is 17.8 Å². The molecule has 0 fully saturated rings. The lowest BCUT2D eigenvalue weighted by atomic mass is 10.2. The van der Waals surface area contributed by atoms with Crippen molar-refractivity contribution in [3.8, 4) is 17.2 Å². The number of benzene rings is 1. The summed E-state index contributed by atoms with van der Waals surface area (Å²) in [5.41, 5.74) is 1.86. The van der Waals surface area contributed by atoms with E-state index in [0.29, 0.717) is 44.2 Å². The van der Waals surface area contributed by atoms with E-state index in [1.807, 2.05) is 49.4 Å². The van der Waals surface area contributed by atoms with Gasteiger partial charge in [0, 0.05) is 36.7 Å². The van der Waals surface area contributed by atoms with Gasteiger partial charge in [-0.3, -0.25) is 4.79 Å². The molecule has 0 aliphatic carbocycles. The van der Waals surface area contributed by atoms with E-state index >= 15 is 0 Å². The lowest BCUT2D eigenvalue weighted by Crippen LogP contribution is -2.23. The summed E-state index contributed by atoms with van der Waals surface area (Å²) in [6, 6.07) is 13.6. The first-order valence-corrected chi connectivity index (χ1v) is 9.09. The highest BCUT2D eigenvalue weighted by Gasteiger charge is 2.09. The zero-order chi connectivity index (χ0) is 18.9. The molecule has 3 aromatic rings. The fourth-order valence-electron chi connectivity index (χ4n) is 2.67. The van der Waals surface area contributed by atoms with Crippen LogP contribution in [0.5, 0.6) is 5.88 Å². The zero-order valence-corrected chi connectivity index (χ0v) is 15.4. The summed E-state index contributed by atoms with van der Waals surface area (Å²) in [6.45, 7) is 2.85. The number of pyridine rings is 1. The molecule has 2 aromatic heterocycles. The van der Waals surface area contributed by atoms with Gasteiger partial charge >= 0.3 is 0 Å². The second kappa shape index (κ2) is 9.52. The maximum Gasteiger partial charge on any atom is 0.220 e. The number of ether oxygens (including phenoxy) is 1. The van der Waals surface area contributed by atoms with Gasteiger partial charge in [-0.25, -0.2) is 9.97 Å². The average molecular weight is 365 g/mol. The predicted molar refractivity (Wildman–Crippen MR) is 102 cm³/mol. The van der Waals surface area contributed by atoms with Gasteiger partial charge in [-0.15, -0.1) is 0 Å². The van der Waals surface area contributed by atoms with E-state index in [1.54, 1.807) is 12.4 Å². The molecule has 3 rings (SSSR count). The molecule has 2 heterocycles. The van der Waals surface area contributed by atoms with Crippen LogP contribution in [-0.4, -0.2) is 22.5 Å². The Hall–Kier alpha value is -3.15. The lowest BCUT2D eigenvalue weighted by molar-refractivity contribution is -0.121. The number of rotatable bonds is 9. The Balaban J connectivity index is 1.43. The number of oxazole rings is 1. The monoisotopic (exact) mass is 365 g/mol. The fourth-order valence-corrected chi connectivity index (χ4v) is 2.67. The first kappa shape index (κ1) is 18.6. The summed E-state index contributed by atoms with van der Waals surface area (Å²) in [4.78, 5) is 20.6. The lowest BCUT2D eigenvalue weighted by Gasteiger charge is -2.09. The third kappa shape index (κ3) is 5.41. The second-order valence-electron chi connectivity index (χ2n) is 6.02. The van der Waals surface area contributed by atoms with Gasteiger partial charge < -0.3 is 14.5 Å². The van der Waals surface area contributed by atoms with E-state index < -0.39 is 0 Å². The van der Waals surface area contributed by atoms with Crippen LogP contribution in [0.3, 0.4) is 0 Å². The van der Waals surface area contributed by atoms with Crippen LogP contribution in [0, 0.1) is 0 Å². The van der Waals surface area contributed by atoms with Gasteiger partial charge in [-0.1, -0.05) is 36.4 Å². The van der Waals surface area contributed by atoms with Gasteiger partial charge in [-0.05, 0) is 19.4 Å². The highest BCUT2D eigenvalue weighted by Crippen LogP contribution is 2.20. The largest absolute Gasteiger partial charge is 0.478 e. The van der Waals surface area contributed by atoms with E-state index in [4.69, 9.17) is 9.15 Å². The second-order valence-corrected chi connectivity index (χ2v) is 6.02. The molecule has 0 radical (unpaired) electrons. The Labute approximate surface area is 158 Å². The smallest absolute Gasteiger partial charge is 0.220 e. The molecule has 0 unspecified atom stereocenters. The maximum atomic E-state index is 12.1. The number of hydrogen-bond acceptors (Lipinski definition) is 5. The van der Waals surface area contributed by atoms with Gasteiger partial charge in [-0.2, -0.15) is 0 Å². The van der Waals surface area contributed by atoms with E-state index in [9.17, 15) is 4.79 Å². The molecule has 0 spiro atoms. The van der Waals surface area contributed by atoms with Gasteiger partial charge in [0.25, 0.3) is 0 Å². The number of aromatic nitrogens is 2. The van der Waals surface area contributed by atoms with Crippen LogP contribution >= 0.6 is 0 Å². The summed E-state index contributed by atoms with van der Waals surface area (Å²) in [5.74, 6) is 1.94. The Morgan fingerprint density at radius 1 is 1.15 bits per heavy atom. The molecular weight excluding hydrogens is 342 g/mol. The summed E-state index contributed by atoms with van der Waals surface area (Å²) in [7, 11) is 0. The molecule has 6 heteroatoms. The number of hydrogen-bond donors (Lipinski definition) is 1. The van der Waals surface area contributed by atoms with Crippen LogP contribution in [0.1, 0.15) is 31.2 Å². The number of carbonyl (C=O) groups is 1. The Morgan fingerprint density at radius 2 is 2.00 bits per heavy atom. The van der Waals surface area contributed by atoms with Crippen molar-refractivity contribution >= 4 is 5.91 Å². The molecule has 1 aromatic carbocycles. The molecule has 140 valence electrons. The van der Waals surface area contributed by atoms with Crippen molar-refractivity contribution in [1.29, 1.82) is 0 Å². The minimum absolute atomic E-state index is 0.0175. The maximum absolute atomic E-state index is 12.1. The molecule has 0 atom stereocenters. The predicted octanol–water partition coefficient (Wildman–Crippen LogP) is 3.77. The Kier molecular flexibility index (Phi) is 6.57. The van der Waals surface area contributed by atoms with Crippen molar-refractivity contribution in [1.82, 2.24) is 15.3 Å². The van der Waals surface area contributed by atoms with Crippen LogP contribution in [0.2, 0.25) is 0 Å². The zero-order valence-electron chi connectivity index (χ0n) is 15.4. The van der Waals surface area contributed by atoms with Crippen molar-refractivity contribution in [3.05, 3.63) is 66.3 Å². The molecule has 0 aliphatic rings. The van der Waals surface area contributed by atoms with Crippen molar-refractivity contribution in [2.45, 2.75) is 32.7 Å². The molecule has 0 saturated carbocycles. The van der Waals surface area contributed by atoms with Crippen LogP contribution in [0.15, 0.2) is 59.3 Å². The van der Waals surface area contributed by atoms with Crippen molar-refractivity contribution in [3.63, 3.8) is 0 Å². The van der Waals surface area contributed by atoms with Gasteiger partial charge in [0.2, 0.25) is 11.8 Å². The molecule has 1 amide bonds. The van der Waals surface area contributed by atoms with Crippen LogP contribution in [0.25, 0.3) is 11.3 Å². The number of nitrogens with zero attached hydrogens (tertiary/aromatic N) is 2. The molecule has 27 heavy (non-hydrogen) atoms. The van der Waals surface area contributed by atoms with Gasteiger partial charge in [0.15, 0.2) is 11.7 Å². The minimum Gasteiger partial charge on any atom is -0.478 e. The number of nitrogens with one attached hydrogen (secondary N) is 1. The Bertz CT molecular complexity index is 862. The molecule has 0 saturated heterocycles. The fraction of sp³-hybridized carbons (Fsp3) is 0.286. The van der Waals surface area contributed by atoms with Crippen LogP contribution in [0.4, 0.5) is 0 Å². The van der Waals surface area contributed by atoms with Crippen molar-refractivity contribution < 1.29 is 13.9 Å². The Morgan fingerprint density at radius 3 is 2.81 bits per heavy atom. The third-order valence-electron chi connectivity index (χ3n) is 4.01. The van der Waals surface area contributed by atoms with E-state index in [1.165, 1.54) is 0 Å². The van der Waals surface area contributed by atoms with Crippen molar-refractivity contribution in [2.75, 3.05) is 6.61 Å². The van der Waals surface area contributed by atoms with E-state index in [2.05, 4.69) is 15.3 Å². The van der Waals surface area contributed by atoms with Gasteiger partial charge in [0.05, 0.1) is 12.8 Å². The third-order valence-corrected chi connectivity index (χ3v) is 4.01. The molecular formula is C21H23N3O3. The minimum atomic E-state index is -0.0175.